The Bertz CT molecular complexity index is 937. The van der Waals surface area contributed by atoms with Gasteiger partial charge in [0.2, 0.25) is 10.0 Å². The maximum Gasteiger partial charge on any atom is 0.255 e. The maximum atomic E-state index is 12.5. The van der Waals surface area contributed by atoms with Gasteiger partial charge in [-0.05, 0) is 75.2 Å². The fourth-order valence-corrected chi connectivity index (χ4v) is 4.58. The molecule has 3 rings (SSSR count). The Labute approximate surface area is 160 Å². The van der Waals surface area contributed by atoms with E-state index < -0.39 is 10.0 Å². The molecule has 1 N–H and O–H groups in total. The van der Waals surface area contributed by atoms with Gasteiger partial charge in [0.25, 0.3) is 5.91 Å². The molecule has 0 atom stereocenters. The molecule has 1 saturated heterocycles. The second-order valence-electron chi connectivity index (χ2n) is 6.89. The number of amides is 1. The Hall–Kier alpha value is -2.54. The van der Waals surface area contributed by atoms with Crippen LogP contribution in [0.4, 0.5) is 11.4 Å². The molecular weight excluding hydrogens is 364 g/mol. The summed E-state index contributed by atoms with van der Waals surface area (Å²) in [6, 6.07) is 12.2. The number of ether oxygens (including phenoxy) is 1. The summed E-state index contributed by atoms with van der Waals surface area (Å²) in [6.45, 7) is 6.24. The van der Waals surface area contributed by atoms with Gasteiger partial charge < -0.3 is 10.1 Å². The highest BCUT2D eigenvalue weighted by molar-refractivity contribution is 7.93. The number of rotatable bonds is 5. The van der Waals surface area contributed by atoms with Crippen molar-refractivity contribution in [3.63, 3.8) is 0 Å². The first-order chi connectivity index (χ1) is 12.8. The standard InChI is InChI=1S/C20H24N2O4S/c1-14(2)26-18-8-5-16(6-9-18)20(23)21-19-10-7-17(13-15(19)3)22-11-4-12-27(22,24)25/h5-10,13-14H,4,11-12H2,1-3H3,(H,21,23). The van der Waals surface area contributed by atoms with Crippen LogP contribution >= 0.6 is 0 Å². The van der Waals surface area contributed by atoms with Gasteiger partial charge in [0.15, 0.2) is 0 Å². The van der Waals surface area contributed by atoms with Crippen molar-refractivity contribution in [1.29, 1.82) is 0 Å². The zero-order valence-electron chi connectivity index (χ0n) is 15.7. The van der Waals surface area contributed by atoms with Gasteiger partial charge in [-0.25, -0.2) is 8.42 Å². The van der Waals surface area contributed by atoms with Gasteiger partial charge in [-0.3, -0.25) is 9.10 Å². The zero-order chi connectivity index (χ0) is 19.6. The molecular formula is C20H24N2O4S. The van der Waals surface area contributed by atoms with E-state index in [2.05, 4.69) is 5.32 Å². The average molecular weight is 388 g/mol. The van der Waals surface area contributed by atoms with Crippen LogP contribution in [-0.2, 0) is 10.0 Å². The van der Waals surface area contributed by atoms with Crippen LogP contribution < -0.4 is 14.4 Å². The molecule has 1 amide bonds. The summed E-state index contributed by atoms with van der Waals surface area (Å²) < 4.78 is 31.1. The summed E-state index contributed by atoms with van der Waals surface area (Å²) in [4.78, 5) is 12.5. The smallest absolute Gasteiger partial charge is 0.255 e. The van der Waals surface area contributed by atoms with Gasteiger partial charge in [-0.2, -0.15) is 0 Å². The predicted molar refractivity (Wildman–Crippen MR) is 107 cm³/mol. The Kier molecular flexibility index (Phi) is 5.41. The summed E-state index contributed by atoms with van der Waals surface area (Å²) in [5, 5.41) is 2.88. The fraction of sp³-hybridized carbons (Fsp3) is 0.350. The van der Waals surface area contributed by atoms with Crippen molar-refractivity contribution in [2.45, 2.75) is 33.3 Å². The summed E-state index contributed by atoms with van der Waals surface area (Å²) in [6.07, 6.45) is 0.710. The number of benzene rings is 2. The lowest BCUT2D eigenvalue weighted by Crippen LogP contribution is -2.25. The molecule has 0 aromatic heterocycles. The average Bonchev–Trinajstić information content (AvgIpc) is 2.96. The number of nitrogens with one attached hydrogen (secondary N) is 1. The SMILES string of the molecule is Cc1cc(N2CCCS2(=O)=O)ccc1NC(=O)c1ccc(OC(C)C)cc1. The van der Waals surface area contributed by atoms with Crippen LogP contribution in [0, 0.1) is 6.92 Å². The van der Waals surface area contributed by atoms with Crippen LogP contribution in [0.3, 0.4) is 0 Å². The molecule has 0 spiro atoms. The second-order valence-corrected chi connectivity index (χ2v) is 8.90. The molecule has 1 aliphatic rings. The van der Waals surface area contributed by atoms with E-state index >= 15 is 0 Å². The number of aryl methyl sites for hydroxylation is 1. The highest BCUT2D eigenvalue weighted by Gasteiger charge is 2.28. The highest BCUT2D eigenvalue weighted by Crippen LogP contribution is 2.28. The summed E-state index contributed by atoms with van der Waals surface area (Å²) in [7, 11) is -3.21. The molecule has 1 heterocycles. The summed E-state index contributed by atoms with van der Waals surface area (Å²) in [5.74, 6) is 0.672. The topological polar surface area (TPSA) is 75.7 Å². The minimum atomic E-state index is -3.21. The van der Waals surface area contributed by atoms with Crippen LogP contribution in [-0.4, -0.2) is 32.7 Å². The number of carbonyl (C=O) groups excluding carboxylic acids is 1. The first kappa shape index (κ1) is 19.2. The molecule has 7 heteroatoms. The third-order valence-electron chi connectivity index (χ3n) is 4.33. The largest absolute Gasteiger partial charge is 0.491 e. The number of anilines is 2. The van der Waals surface area contributed by atoms with Crippen LogP contribution in [0.25, 0.3) is 0 Å². The molecule has 27 heavy (non-hydrogen) atoms. The van der Waals surface area contributed by atoms with Crippen molar-refractivity contribution in [3.8, 4) is 5.75 Å². The van der Waals surface area contributed by atoms with Gasteiger partial charge in [-0.15, -0.1) is 0 Å². The molecule has 0 radical (unpaired) electrons. The van der Waals surface area contributed by atoms with Crippen molar-refractivity contribution in [3.05, 3.63) is 53.6 Å². The van der Waals surface area contributed by atoms with Crippen LogP contribution in [0.2, 0.25) is 0 Å². The molecule has 0 unspecified atom stereocenters. The maximum absolute atomic E-state index is 12.5. The van der Waals surface area contributed by atoms with E-state index in [-0.39, 0.29) is 17.8 Å². The van der Waals surface area contributed by atoms with Crippen molar-refractivity contribution in [2.24, 2.45) is 0 Å². The van der Waals surface area contributed by atoms with E-state index in [4.69, 9.17) is 4.74 Å². The monoisotopic (exact) mass is 388 g/mol. The number of sulfonamides is 1. The lowest BCUT2D eigenvalue weighted by molar-refractivity contribution is 0.102. The van der Waals surface area contributed by atoms with E-state index in [1.165, 1.54) is 4.31 Å². The Morgan fingerprint density at radius 1 is 1.15 bits per heavy atom. The molecule has 144 valence electrons. The van der Waals surface area contributed by atoms with Gasteiger partial charge in [0.05, 0.1) is 17.5 Å². The van der Waals surface area contributed by atoms with Crippen molar-refractivity contribution >= 4 is 27.3 Å². The minimum absolute atomic E-state index is 0.0743. The normalized spacial score (nSPS) is 15.8. The van der Waals surface area contributed by atoms with Crippen LogP contribution in [0.5, 0.6) is 5.75 Å². The Balaban J connectivity index is 1.73. The van der Waals surface area contributed by atoms with E-state index in [1.54, 1.807) is 42.5 Å². The fourth-order valence-electron chi connectivity index (χ4n) is 3.02. The second kappa shape index (κ2) is 7.60. The van der Waals surface area contributed by atoms with Gasteiger partial charge in [0.1, 0.15) is 5.75 Å². The molecule has 2 aromatic rings. The zero-order valence-corrected chi connectivity index (χ0v) is 16.5. The molecule has 6 nitrogen and oxygen atoms in total. The molecule has 0 bridgehead atoms. The first-order valence-corrected chi connectivity index (χ1v) is 10.6. The third-order valence-corrected chi connectivity index (χ3v) is 6.20. The third kappa shape index (κ3) is 4.42. The quantitative estimate of drug-likeness (QED) is 0.850. The molecule has 0 saturated carbocycles. The number of hydrogen-bond donors (Lipinski definition) is 1. The molecule has 2 aromatic carbocycles. The van der Waals surface area contributed by atoms with Crippen LogP contribution in [0.1, 0.15) is 36.2 Å². The first-order valence-electron chi connectivity index (χ1n) is 8.95. The molecule has 1 fully saturated rings. The van der Waals surface area contributed by atoms with Crippen LogP contribution in [0.15, 0.2) is 42.5 Å². The van der Waals surface area contributed by atoms with Gasteiger partial charge in [-0.1, -0.05) is 0 Å². The van der Waals surface area contributed by atoms with E-state index in [0.29, 0.717) is 35.7 Å². The number of hydrogen-bond acceptors (Lipinski definition) is 4. The minimum Gasteiger partial charge on any atom is -0.491 e. The van der Waals surface area contributed by atoms with Crippen molar-refractivity contribution in [2.75, 3.05) is 21.9 Å². The molecule has 0 aliphatic carbocycles. The predicted octanol–water partition coefficient (Wildman–Crippen LogP) is 3.57. The van der Waals surface area contributed by atoms with Crippen molar-refractivity contribution in [1.82, 2.24) is 0 Å². The Morgan fingerprint density at radius 3 is 2.41 bits per heavy atom. The van der Waals surface area contributed by atoms with E-state index in [1.807, 2.05) is 20.8 Å². The number of carbonyl (C=O) groups is 1. The number of nitrogens with zero attached hydrogens (tertiary/aromatic N) is 1. The summed E-state index contributed by atoms with van der Waals surface area (Å²) >= 11 is 0. The summed E-state index contributed by atoms with van der Waals surface area (Å²) in [5.41, 5.74) is 2.63. The lowest BCUT2D eigenvalue weighted by Gasteiger charge is -2.18. The van der Waals surface area contributed by atoms with Gasteiger partial charge >= 0.3 is 0 Å². The molecule has 1 aliphatic heterocycles. The van der Waals surface area contributed by atoms with Crippen molar-refractivity contribution < 1.29 is 17.9 Å². The lowest BCUT2D eigenvalue weighted by atomic mass is 10.1. The Morgan fingerprint density at radius 2 is 1.85 bits per heavy atom. The van der Waals surface area contributed by atoms with Gasteiger partial charge in [0, 0.05) is 17.8 Å². The highest BCUT2D eigenvalue weighted by atomic mass is 32.2. The van der Waals surface area contributed by atoms with E-state index in [9.17, 15) is 13.2 Å². The van der Waals surface area contributed by atoms with E-state index in [0.717, 1.165) is 5.56 Å².